The number of amides is 1. The van der Waals surface area contributed by atoms with Crippen molar-refractivity contribution >= 4 is 11.6 Å². The van der Waals surface area contributed by atoms with Crippen molar-refractivity contribution in [3.05, 3.63) is 54.2 Å². The number of furan rings is 1. The molecule has 1 N–H and O–H groups in total. The predicted octanol–water partition coefficient (Wildman–Crippen LogP) is 1.91. The zero-order chi connectivity index (χ0) is 14.7. The fraction of sp³-hybridized carbons (Fsp3) is 0.200. The van der Waals surface area contributed by atoms with E-state index in [0.29, 0.717) is 18.9 Å². The number of aromatic nitrogens is 2. The summed E-state index contributed by atoms with van der Waals surface area (Å²) in [6, 6.07) is 9.03. The van der Waals surface area contributed by atoms with E-state index in [0.717, 1.165) is 11.3 Å². The topological polar surface area (TPSA) is 68.8 Å². The van der Waals surface area contributed by atoms with Gasteiger partial charge < -0.3 is 18.9 Å². The second-order valence-corrected chi connectivity index (χ2v) is 4.51. The maximum absolute atomic E-state index is 11.9. The first-order valence-electron chi connectivity index (χ1n) is 6.61. The maximum Gasteiger partial charge on any atom is 0.287 e. The maximum atomic E-state index is 11.9. The molecule has 1 amide bonds. The Hall–Kier alpha value is -2.76. The van der Waals surface area contributed by atoms with Crippen molar-refractivity contribution in [2.45, 2.75) is 6.42 Å². The number of nitrogens with zero attached hydrogens (tertiary/aromatic N) is 2. The van der Waals surface area contributed by atoms with Crippen LogP contribution >= 0.6 is 0 Å². The second-order valence-electron chi connectivity index (χ2n) is 4.51. The molecule has 0 aromatic carbocycles. The number of fused-ring (bicyclic) bond motifs is 1. The molecule has 3 heterocycles. The van der Waals surface area contributed by atoms with Crippen LogP contribution in [0.25, 0.3) is 5.65 Å². The van der Waals surface area contributed by atoms with Gasteiger partial charge in [0, 0.05) is 37.1 Å². The molecule has 0 bridgehead atoms. The molecule has 3 rings (SSSR count). The van der Waals surface area contributed by atoms with Gasteiger partial charge in [0.2, 0.25) is 0 Å². The summed E-state index contributed by atoms with van der Waals surface area (Å²) in [5.74, 6) is 0.305. The number of ether oxygens (including phenoxy) is 1. The number of carbonyl (C=O) groups excluding carboxylic acids is 1. The minimum absolute atomic E-state index is 0.241. The van der Waals surface area contributed by atoms with E-state index in [2.05, 4.69) is 10.3 Å². The highest BCUT2D eigenvalue weighted by molar-refractivity contribution is 5.91. The normalized spacial score (nSPS) is 10.7. The highest BCUT2D eigenvalue weighted by atomic mass is 16.6. The largest absolute Gasteiger partial charge is 0.468 e. The highest BCUT2D eigenvalue weighted by Crippen LogP contribution is 2.14. The summed E-state index contributed by atoms with van der Waals surface area (Å²) < 4.78 is 12.1. The summed E-state index contributed by atoms with van der Waals surface area (Å²) >= 11 is 0. The van der Waals surface area contributed by atoms with Gasteiger partial charge in [-0.25, -0.2) is 4.98 Å². The minimum Gasteiger partial charge on any atom is -0.468 e. The summed E-state index contributed by atoms with van der Waals surface area (Å²) in [5, 5.41) is 2.81. The van der Waals surface area contributed by atoms with Crippen molar-refractivity contribution < 1.29 is 13.9 Å². The third-order valence-corrected chi connectivity index (χ3v) is 3.17. The third kappa shape index (κ3) is 2.74. The van der Waals surface area contributed by atoms with Gasteiger partial charge >= 0.3 is 0 Å². The Morgan fingerprint density at radius 3 is 3.10 bits per heavy atom. The highest BCUT2D eigenvalue weighted by Gasteiger charge is 2.11. The fourth-order valence-corrected chi connectivity index (χ4v) is 2.11. The lowest BCUT2D eigenvalue weighted by molar-refractivity contribution is 0.0920. The van der Waals surface area contributed by atoms with Crippen LogP contribution in [0.5, 0.6) is 5.95 Å². The molecular weight excluding hydrogens is 270 g/mol. The van der Waals surface area contributed by atoms with Crippen LogP contribution in [0.2, 0.25) is 0 Å². The lowest BCUT2D eigenvalue weighted by atomic mass is 10.3. The van der Waals surface area contributed by atoms with Crippen LogP contribution in [0.1, 0.15) is 16.2 Å². The van der Waals surface area contributed by atoms with E-state index in [-0.39, 0.29) is 11.7 Å². The fourth-order valence-electron chi connectivity index (χ4n) is 2.11. The summed E-state index contributed by atoms with van der Waals surface area (Å²) in [5.41, 5.74) is 1.94. The number of rotatable bonds is 5. The molecule has 0 spiro atoms. The molecule has 0 unspecified atom stereocenters. The van der Waals surface area contributed by atoms with Crippen molar-refractivity contribution in [1.29, 1.82) is 0 Å². The Labute approximate surface area is 121 Å². The first-order chi connectivity index (χ1) is 10.3. The van der Waals surface area contributed by atoms with E-state index in [1.165, 1.54) is 7.11 Å². The van der Waals surface area contributed by atoms with E-state index in [1.807, 2.05) is 35.0 Å². The number of pyridine rings is 1. The lowest BCUT2D eigenvalue weighted by Gasteiger charge is -2.03. The van der Waals surface area contributed by atoms with Crippen LogP contribution in [-0.4, -0.2) is 28.9 Å². The van der Waals surface area contributed by atoms with E-state index >= 15 is 0 Å². The molecule has 0 aliphatic rings. The van der Waals surface area contributed by atoms with E-state index in [4.69, 9.17) is 9.15 Å². The Morgan fingerprint density at radius 1 is 1.38 bits per heavy atom. The van der Waals surface area contributed by atoms with Crippen LogP contribution in [0.3, 0.4) is 0 Å². The molecule has 0 aliphatic heterocycles. The first kappa shape index (κ1) is 13.2. The van der Waals surface area contributed by atoms with Crippen molar-refractivity contribution in [3.8, 4) is 5.95 Å². The number of imidazole rings is 1. The number of carbonyl (C=O) groups is 1. The Kier molecular flexibility index (Phi) is 3.59. The zero-order valence-electron chi connectivity index (χ0n) is 11.6. The number of nitrogens with one attached hydrogen (secondary N) is 1. The Balaban J connectivity index is 1.59. The Morgan fingerprint density at radius 2 is 2.29 bits per heavy atom. The van der Waals surface area contributed by atoms with Gasteiger partial charge in [0.05, 0.1) is 7.11 Å². The van der Waals surface area contributed by atoms with Crippen LogP contribution in [0, 0.1) is 0 Å². The third-order valence-electron chi connectivity index (χ3n) is 3.17. The number of hydrogen-bond donors (Lipinski definition) is 1. The van der Waals surface area contributed by atoms with Gasteiger partial charge in [-0.15, -0.1) is 0 Å². The molecular formula is C15H15N3O3. The molecule has 0 atom stereocenters. The molecule has 21 heavy (non-hydrogen) atoms. The van der Waals surface area contributed by atoms with Gasteiger partial charge in [-0.2, -0.15) is 0 Å². The molecule has 6 nitrogen and oxygen atoms in total. The van der Waals surface area contributed by atoms with E-state index < -0.39 is 0 Å². The van der Waals surface area contributed by atoms with Gasteiger partial charge in [0.25, 0.3) is 11.9 Å². The summed E-state index contributed by atoms with van der Waals surface area (Å²) in [6.45, 7) is 0.505. The molecule has 0 radical (unpaired) electrons. The smallest absolute Gasteiger partial charge is 0.287 e. The summed E-state index contributed by atoms with van der Waals surface area (Å²) in [6.07, 6.45) is 4.46. The van der Waals surface area contributed by atoms with Gasteiger partial charge in [-0.3, -0.25) is 4.79 Å². The molecule has 0 aliphatic carbocycles. The molecule has 6 heteroatoms. The molecule has 3 aromatic rings. The van der Waals surface area contributed by atoms with Gasteiger partial charge in [0.1, 0.15) is 5.65 Å². The summed E-state index contributed by atoms with van der Waals surface area (Å²) in [7, 11) is 1.49. The monoisotopic (exact) mass is 285 g/mol. The lowest BCUT2D eigenvalue weighted by Crippen LogP contribution is -2.25. The second kappa shape index (κ2) is 5.70. The van der Waals surface area contributed by atoms with Crippen LogP contribution in [0.15, 0.2) is 47.1 Å². The van der Waals surface area contributed by atoms with Gasteiger partial charge in [0.15, 0.2) is 5.76 Å². The molecule has 108 valence electrons. The van der Waals surface area contributed by atoms with Gasteiger partial charge in [-0.1, -0.05) is 6.07 Å². The standard InChI is InChI=1S/C15H15N3O3/c1-20-14-6-5-12(21-14)15(19)16-8-7-11-10-17-13-4-2-3-9-18(11)13/h2-6,9-10H,7-8H2,1H3,(H,16,19). The Bertz CT molecular complexity index is 760. The average Bonchev–Trinajstić information content (AvgIpc) is 3.14. The molecule has 0 saturated heterocycles. The average molecular weight is 285 g/mol. The van der Waals surface area contributed by atoms with Crippen molar-refractivity contribution in [3.63, 3.8) is 0 Å². The summed E-state index contributed by atoms with van der Waals surface area (Å²) in [4.78, 5) is 16.2. The zero-order valence-corrected chi connectivity index (χ0v) is 11.6. The quantitative estimate of drug-likeness (QED) is 0.777. The van der Waals surface area contributed by atoms with Crippen LogP contribution in [-0.2, 0) is 6.42 Å². The SMILES string of the molecule is COc1ccc(C(=O)NCCc2cnc3ccccn23)o1. The van der Waals surface area contributed by atoms with Crippen molar-refractivity contribution in [2.24, 2.45) is 0 Å². The van der Waals surface area contributed by atoms with Crippen LogP contribution in [0.4, 0.5) is 0 Å². The van der Waals surface area contributed by atoms with Crippen molar-refractivity contribution in [1.82, 2.24) is 14.7 Å². The number of hydrogen-bond acceptors (Lipinski definition) is 4. The van der Waals surface area contributed by atoms with Gasteiger partial charge in [-0.05, 0) is 18.2 Å². The van der Waals surface area contributed by atoms with E-state index in [9.17, 15) is 4.79 Å². The predicted molar refractivity (Wildman–Crippen MR) is 76.5 cm³/mol. The molecule has 0 fully saturated rings. The van der Waals surface area contributed by atoms with E-state index in [1.54, 1.807) is 12.1 Å². The van der Waals surface area contributed by atoms with Crippen molar-refractivity contribution in [2.75, 3.05) is 13.7 Å². The van der Waals surface area contributed by atoms with Crippen LogP contribution < -0.4 is 10.1 Å². The molecule has 0 saturated carbocycles. The number of methoxy groups -OCH3 is 1. The minimum atomic E-state index is -0.257. The molecule has 3 aromatic heterocycles. The first-order valence-corrected chi connectivity index (χ1v) is 6.61.